The molecular formula is C18H18N3OS+. The van der Waals surface area contributed by atoms with Gasteiger partial charge in [-0.2, -0.15) is 0 Å². The average molecular weight is 324 g/mol. The van der Waals surface area contributed by atoms with E-state index in [0.717, 1.165) is 11.3 Å². The van der Waals surface area contributed by atoms with Gasteiger partial charge in [-0.05, 0) is 12.5 Å². The minimum atomic E-state index is -0.0213. The molecule has 2 aromatic heterocycles. The minimum Gasteiger partial charge on any atom is -0.302 e. The molecule has 0 aliphatic carbocycles. The van der Waals surface area contributed by atoms with E-state index in [-0.39, 0.29) is 5.91 Å². The van der Waals surface area contributed by atoms with Crippen molar-refractivity contribution < 1.29 is 9.36 Å². The standard InChI is InChI=1S/C18H17N3OS/c1-14-7-10-21(11-8-14)12-9-17(22)20-18-19-16(13-23-18)15-5-3-2-4-6-15/h2-8,10-11,13H,9,12H2,1H3/p+1. The maximum absolute atomic E-state index is 12.0. The van der Waals surface area contributed by atoms with Crippen LogP contribution < -0.4 is 9.88 Å². The van der Waals surface area contributed by atoms with Crippen molar-refractivity contribution in [2.45, 2.75) is 19.9 Å². The van der Waals surface area contributed by atoms with E-state index in [2.05, 4.69) is 10.3 Å². The fourth-order valence-electron chi connectivity index (χ4n) is 2.17. The van der Waals surface area contributed by atoms with Crippen LogP contribution in [0.4, 0.5) is 5.13 Å². The first-order chi connectivity index (χ1) is 11.2. The summed E-state index contributed by atoms with van der Waals surface area (Å²) in [5, 5.41) is 5.47. The van der Waals surface area contributed by atoms with Gasteiger partial charge in [-0.3, -0.25) is 4.79 Å². The second-order valence-electron chi connectivity index (χ2n) is 5.32. The van der Waals surface area contributed by atoms with Crippen molar-refractivity contribution >= 4 is 22.4 Å². The lowest BCUT2D eigenvalue weighted by molar-refractivity contribution is -0.695. The second kappa shape index (κ2) is 7.15. The molecule has 0 fully saturated rings. The number of hydrogen-bond acceptors (Lipinski definition) is 3. The predicted molar refractivity (Wildman–Crippen MR) is 92.2 cm³/mol. The molecule has 3 rings (SSSR count). The molecule has 1 amide bonds. The van der Waals surface area contributed by atoms with Crippen molar-refractivity contribution in [3.05, 3.63) is 65.8 Å². The Labute approximate surface area is 139 Å². The Morgan fingerprint density at radius 1 is 1.17 bits per heavy atom. The van der Waals surface area contributed by atoms with Crippen LogP contribution in [-0.2, 0) is 11.3 Å². The molecule has 0 unspecified atom stereocenters. The highest BCUT2D eigenvalue weighted by molar-refractivity contribution is 7.14. The summed E-state index contributed by atoms with van der Waals surface area (Å²) in [5.74, 6) is -0.0213. The van der Waals surface area contributed by atoms with Gasteiger partial charge in [0.15, 0.2) is 24.1 Å². The number of benzene rings is 1. The van der Waals surface area contributed by atoms with Crippen LogP contribution in [0.5, 0.6) is 0 Å². The number of rotatable bonds is 5. The van der Waals surface area contributed by atoms with E-state index in [9.17, 15) is 4.79 Å². The number of nitrogens with zero attached hydrogens (tertiary/aromatic N) is 2. The van der Waals surface area contributed by atoms with Crippen LogP contribution >= 0.6 is 11.3 Å². The monoisotopic (exact) mass is 324 g/mol. The smallest absolute Gasteiger partial charge is 0.232 e. The van der Waals surface area contributed by atoms with E-state index in [1.165, 1.54) is 16.9 Å². The van der Waals surface area contributed by atoms with Gasteiger partial charge in [0.05, 0.1) is 12.1 Å². The first-order valence-corrected chi connectivity index (χ1v) is 8.35. The molecule has 0 aliphatic heterocycles. The van der Waals surface area contributed by atoms with Crippen LogP contribution in [0.25, 0.3) is 11.3 Å². The van der Waals surface area contributed by atoms with E-state index >= 15 is 0 Å². The average Bonchev–Trinajstić information content (AvgIpc) is 3.04. The molecule has 0 spiro atoms. The van der Waals surface area contributed by atoms with E-state index in [4.69, 9.17) is 0 Å². The van der Waals surface area contributed by atoms with Crippen molar-refractivity contribution in [1.82, 2.24) is 4.98 Å². The van der Waals surface area contributed by atoms with Gasteiger partial charge in [0.1, 0.15) is 0 Å². The third-order valence-corrected chi connectivity index (χ3v) is 4.23. The third-order valence-electron chi connectivity index (χ3n) is 3.47. The van der Waals surface area contributed by atoms with Crippen LogP contribution in [0.15, 0.2) is 60.2 Å². The van der Waals surface area contributed by atoms with Gasteiger partial charge >= 0.3 is 0 Å². The Hall–Kier alpha value is -2.53. The van der Waals surface area contributed by atoms with Gasteiger partial charge in [-0.15, -0.1) is 11.3 Å². The molecule has 0 bridgehead atoms. The maximum Gasteiger partial charge on any atom is 0.232 e. The van der Waals surface area contributed by atoms with Gasteiger partial charge in [-0.25, -0.2) is 9.55 Å². The lowest BCUT2D eigenvalue weighted by Crippen LogP contribution is -2.34. The number of aromatic nitrogens is 2. The molecule has 0 saturated heterocycles. The molecular weight excluding hydrogens is 306 g/mol. The van der Waals surface area contributed by atoms with Gasteiger partial charge < -0.3 is 5.32 Å². The van der Waals surface area contributed by atoms with Crippen molar-refractivity contribution in [1.29, 1.82) is 0 Å². The quantitative estimate of drug-likeness (QED) is 0.731. The summed E-state index contributed by atoms with van der Waals surface area (Å²) in [6.07, 6.45) is 4.40. The zero-order valence-corrected chi connectivity index (χ0v) is 13.7. The van der Waals surface area contributed by atoms with Crippen LogP contribution in [0, 0.1) is 6.92 Å². The number of anilines is 1. The first kappa shape index (κ1) is 15.4. The Balaban J connectivity index is 1.56. The Morgan fingerprint density at radius 2 is 1.91 bits per heavy atom. The highest BCUT2D eigenvalue weighted by atomic mass is 32.1. The van der Waals surface area contributed by atoms with Crippen molar-refractivity contribution in [3.63, 3.8) is 0 Å². The van der Waals surface area contributed by atoms with Gasteiger partial charge in [-0.1, -0.05) is 30.3 Å². The number of hydrogen-bond donors (Lipinski definition) is 1. The number of amides is 1. The predicted octanol–water partition coefficient (Wildman–Crippen LogP) is 3.43. The Kier molecular flexibility index (Phi) is 4.78. The largest absolute Gasteiger partial charge is 0.302 e. The molecule has 23 heavy (non-hydrogen) atoms. The zero-order valence-electron chi connectivity index (χ0n) is 12.9. The molecule has 0 saturated carbocycles. The van der Waals surface area contributed by atoms with Crippen molar-refractivity contribution in [2.24, 2.45) is 0 Å². The molecule has 3 aromatic rings. The number of carbonyl (C=O) groups excluding carboxylic acids is 1. The summed E-state index contributed by atoms with van der Waals surface area (Å²) in [5.41, 5.74) is 3.15. The fourth-order valence-corrected chi connectivity index (χ4v) is 2.90. The first-order valence-electron chi connectivity index (χ1n) is 7.47. The lowest BCUT2D eigenvalue weighted by Gasteiger charge is -2.00. The summed E-state index contributed by atoms with van der Waals surface area (Å²) in [4.78, 5) is 16.5. The zero-order chi connectivity index (χ0) is 16.1. The number of aryl methyl sites for hydroxylation is 2. The number of nitrogens with one attached hydrogen (secondary N) is 1. The van der Waals surface area contributed by atoms with Gasteiger partial charge in [0.25, 0.3) is 0 Å². The van der Waals surface area contributed by atoms with Gasteiger partial charge in [0, 0.05) is 23.1 Å². The molecule has 0 radical (unpaired) electrons. The Morgan fingerprint density at radius 3 is 2.65 bits per heavy atom. The Bertz CT molecular complexity index is 782. The van der Waals surface area contributed by atoms with Crippen molar-refractivity contribution in [3.8, 4) is 11.3 Å². The highest BCUT2D eigenvalue weighted by Gasteiger charge is 2.10. The molecule has 4 nitrogen and oxygen atoms in total. The molecule has 0 atom stereocenters. The van der Waals surface area contributed by atoms with Crippen LogP contribution in [0.2, 0.25) is 0 Å². The molecule has 5 heteroatoms. The maximum atomic E-state index is 12.0. The van der Waals surface area contributed by atoms with Gasteiger partial charge in [0.2, 0.25) is 5.91 Å². The third kappa shape index (κ3) is 4.23. The van der Waals surface area contributed by atoms with Crippen LogP contribution in [0.3, 0.4) is 0 Å². The molecule has 1 N–H and O–H groups in total. The van der Waals surface area contributed by atoms with Crippen molar-refractivity contribution in [2.75, 3.05) is 5.32 Å². The molecule has 1 aromatic carbocycles. The van der Waals surface area contributed by atoms with Crippen LogP contribution in [0.1, 0.15) is 12.0 Å². The molecule has 2 heterocycles. The van der Waals surface area contributed by atoms with E-state index in [1.807, 2.05) is 71.7 Å². The molecule has 0 aliphatic rings. The SMILES string of the molecule is Cc1cc[n+](CCC(=O)Nc2nc(-c3ccccc3)cs2)cc1. The molecule has 116 valence electrons. The fraction of sp³-hybridized carbons (Fsp3) is 0.167. The van der Waals surface area contributed by atoms with E-state index < -0.39 is 0 Å². The summed E-state index contributed by atoms with van der Waals surface area (Å²) in [6, 6.07) is 14.0. The van der Waals surface area contributed by atoms with E-state index in [0.29, 0.717) is 18.1 Å². The number of thiazole rings is 1. The second-order valence-corrected chi connectivity index (χ2v) is 6.17. The summed E-state index contributed by atoms with van der Waals surface area (Å²) in [7, 11) is 0. The number of carbonyl (C=O) groups is 1. The summed E-state index contributed by atoms with van der Waals surface area (Å²) < 4.78 is 2.00. The minimum absolute atomic E-state index is 0.0213. The normalized spacial score (nSPS) is 10.5. The lowest BCUT2D eigenvalue weighted by atomic mass is 10.2. The summed E-state index contributed by atoms with van der Waals surface area (Å²) >= 11 is 1.45. The van der Waals surface area contributed by atoms with E-state index in [1.54, 1.807) is 0 Å². The number of pyridine rings is 1. The van der Waals surface area contributed by atoms with Crippen LogP contribution in [-0.4, -0.2) is 10.9 Å². The topological polar surface area (TPSA) is 45.9 Å². The summed E-state index contributed by atoms with van der Waals surface area (Å²) in [6.45, 7) is 2.70. The highest BCUT2D eigenvalue weighted by Crippen LogP contribution is 2.24.